The molecule has 1 aromatic heterocycles. The van der Waals surface area contributed by atoms with E-state index in [0.717, 1.165) is 55.4 Å². The number of aliphatic carboxylic acids is 1. The molecule has 0 aliphatic heterocycles. The number of thiophene rings is 1. The number of carboxylic acids is 2. The summed E-state index contributed by atoms with van der Waals surface area (Å²) in [5.74, 6) is -2.31. The van der Waals surface area contributed by atoms with Gasteiger partial charge in [0.25, 0.3) is 0 Å². The standard InChI is InChI=1S/C24H29NO7S/c1-3-12-31-24(30)25(17-9-5-4-6-10-17)18-11-7-8-16(13-18)21-15(2)20(32-14-19(26)27)22(33-21)23(28)29/h7-8,11,13,17H,3-6,9-10,12,14H2,1-2H3,(H,26,27)(H,28,29). The van der Waals surface area contributed by atoms with Gasteiger partial charge in [-0.1, -0.05) is 38.3 Å². The lowest BCUT2D eigenvalue weighted by Crippen LogP contribution is -2.42. The molecule has 0 atom stereocenters. The van der Waals surface area contributed by atoms with Crippen molar-refractivity contribution in [1.29, 1.82) is 0 Å². The second kappa shape index (κ2) is 11.2. The molecule has 1 aliphatic rings. The summed E-state index contributed by atoms with van der Waals surface area (Å²) in [4.78, 5) is 38.0. The molecule has 178 valence electrons. The third-order valence-electron chi connectivity index (χ3n) is 5.58. The molecule has 1 amide bonds. The van der Waals surface area contributed by atoms with Gasteiger partial charge in [0.05, 0.1) is 6.61 Å². The largest absolute Gasteiger partial charge is 0.480 e. The Morgan fingerprint density at radius 3 is 2.52 bits per heavy atom. The Morgan fingerprint density at radius 1 is 1.15 bits per heavy atom. The summed E-state index contributed by atoms with van der Waals surface area (Å²) in [6.45, 7) is 3.37. The summed E-state index contributed by atoms with van der Waals surface area (Å²) in [5.41, 5.74) is 1.97. The predicted octanol–water partition coefficient (Wildman–Crippen LogP) is 5.57. The quantitative estimate of drug-likeness (QED) is 0.487. The average molecular weight is 476 g/mol. The van der Waals surface area contributed by atoms with E-state index in [-0.39, 0.29) is 22.8 Å². The van der Waals surface area contributed by atoms with Crippen LogP contribution in [0.4, 0.5) is 10.5 Å². The molecule has 0 radical (unpaired) electrons. The zero-order valence-electron chi connectivity index (χ0n) is 18.8. The van der Waals surface area contributed by atoms with Crippen LogP contribution < -0.4 is 9.64 Å². The van der Waals surface area contributed by atoms with Crippen molar-refractivity contribution >= 4 is 35.1 Å². The van der Waals surface area contributed by atoms with E-state index < -0.39 is 18.5 Å². The van der Waals surface area contributed by atoms with Gasteiger partial charge in [-0.05, 0) is 43.9 Å². The molecule has 1 fully saturated rings. The summed E-state index contributed by atoms with van der Waals surface area (Å²) in [7, 11) is 0. The van der Waals surface area contributed by atoms with Crippen LogP contribution in [0, 0.1) is 6.92 Å². The highest BCUT2D eigenvalue weighted by atomic mass is 32.1. The molecule has 1 heterocycles. The molecule has 0 spiro atoms. The SMILES string of the molecule is CCCOC(=O)N(c1cccc(-c2sc(C(=O)O)c(OCC(=O)O)c2C)c1)C1CCCCC1. The van der Waals surface area contributed by atoms with E-state index in [4.69, 9.17) is 14.6 Å². The lowest BCUT2D eigenvalue weighted by Gasteiger charge is -2.33. The van der Waals surface area contributed by atoms with Gasteiger partial charge >= 0.3 is 18.0 Å². The second-order valence-electron chi connectivity index (χ2n) is 8.03. The molecule has 3 rings (SSSR count). The van der Waals surface area contributed by atoms with Gasteiger partial charge in [-0.25, -0.2) is 14.4 Å². The van der Waals surface area contributed by atoms with Crippen molar-refractivity contribution in [3.8, 4) is 16.2 Å². The first-order chi connectivity index (χ1) is 15.8. The van der Waals surface area contributed by atoms with Gasteiger partial charge in [-0.2, -0.15) is 0 Å². The Hall–Kier alpha value is -3.07. The first-order valence-corrected chi connectivity index (χ1v) is 11.9. The molecule has 8 nitrogen and oxygen atoms in total. The van der Waals surface area contributed by atoms with Crippen LogP contribution in [0.3, 0.4) is 0 Å². The number of hydrogen-bond donors (Lipinski definition) is 2. The molecule has 2 N–H and O–H groups in total. The molecule has 1 aromatic carbocycles. The minimum atomic E-state index is -1.19. The van der Waals surface area contributed by atoms with E-state index in [1.807, 2.05) is 31.2 Å². The van der Waals surface area contributed by atoms with Crippen LogP contribution in [0.1, 0.15) is 60.7 Å². The average Bonchev–Trinajstić information content (AvgIpc) is 3.14. The van der Waals surface area contributed by atoms with Crippen LogP contribution in [-0.4, -0.2) is 47.5 Å². The van der Waals surface area contributed by atoms with E-state index in [0.29, 0.717) is 22.7 Å². The van der Waals surface area contributed by atoms with E-state index in [2.05, 4.69) is 0 Å². The number of carbonyl (C=O) groups is 3. The number of benzene rings is 1. The number of hydrogen-bond acceptors (Lipinski definition) is 6. The smallest absolute Gasteiger partial charge is 0.414 e. The number of carbonyl (C=O) groups excluding carboxylic acids is 1. The van der Waals surface area contributed by atoms with E-state index >= 15 is 0 Å². The van der Waals surface area contributed by atoms with Gasteiger partial charge in [0.2, 0.25) is 0 Å². The maximum Gasteiger partial charge on any atom is 0.414 e. The molecule has 1 aliphatic carbocycles. The van der Waals surface area contributed by atoms with Gasteiger partial charge in [-0.3, -0.25) is 4.90 Å². The van der Waals surface area contributed by atoms with Crippen LogP contribution >= 0.6 is 11.3 Å². The topological polar surface area (TPSA) is 113 Å². The highest BCUT2D eigenvalue weighted by Crippen LogP contribution is 2.42. The number of carboxylic acid groups (broad SMARTS) is 2. The zero-order valence-corrected chi connectivity index (χ0v) is 19.7. The fourth-order valence-electron chi connectivity index (χ4n) is 4.08. The van der Waals surface area contributed by atoms with Crippen LogP contribution in [-0.2, 0) is 9.53 Å². The fraction of sp³-hybridized carbons (Fsp3) is 0.458. The monoisotopic (exact) mass is 475 g/mol. The Labute approximate surface area is 196 Å². The van der Waals surface area contributed by atoms with Crippen LogP contribution in [0.15, 0.2) is 24.3 Å². The normalized spacial score (nSPS) is 14.0. The van der Waals surface area contributed by atoms with Crippen molar-refractivity contribution < 1.29 is 34.1 Å². The number of ether oxygens (including phenoxy) is 2. The van der Waals surface area contributed by atoms with Gasteiger partial charge in [0.15, 0.2) is 11.5 Å². The van der Waals surface area contributed by atoms with Gasteiger partial charge in [0, 0.05) is 22.2 Å². The minimum absolute atomic E-state index is 0.0480. The zero-order chi connectivity index (χ0) is 24.0. The summed E-state index contributed by atoms with van der Waals surface area (Å²) < 4.78 is 10.8. The Kier molecular flexibility index (Phi) is 8.32. The molecular weight excluding hydrogens is 446 g/mol. The lowest BCUT2D eigenvalue weighted by molar-refractivity contribution is -0.139. The minimum Gasteiger partial charge on any atom is -0.480 e. The van der Waals surface area contributed by atoms with Crippen molar-refractivity contribution in [3.05, 3.63) is 34.7 Å². The van der Waals surface area contributed by atoms with E-state index in [1.165, 1.54) is 0 Å². The van der Waals surface area contributed by atoms with Crippen molar-refractivity contribution in [2.24, 2.45) is 0 Å². The molecule has 0 saturated heterocycles. The first kappa shape index (κ1) is 24.6. The Balaban J connectivity index is 2.00. The van der Waals surface area contributed by atoms with Crippen molar-refractivity contribution in [2.45, 2.75) is 58.4 Å². The summed E-state index contributed by atoms with van der Waals surface area (Å²) >= 11 is 1.03. The molecule has 0 bridgehead atoms. The van der Waals surface area contributed by atoms with Gasteiger partial charge in [-0.15, -0.1) is 11.3 Å². The predicted molar refractivity (Wildman–Crippen MR) is 126 cm³/mol. The van der Waals surface area contributed by atoms with E-state index in [1.54, 1.807) is 11.8 Å². The number of nitrogens with zero attached hydrogens (tertiary/aromatic N) is 1. The first-order valence-electron chi connectivity index (χ1n) is 11.1. The van der Waals surface area contributed by atoms with Crippen molar-refractivity contribution in [1.82, 2.24) is 0 Å². The highest BCUT2D eigenvalue weighted by Gasteiger charge is 2.29. The molecule has 0 unspecified atom stereocenters. The van der Waals surface area contributed by atoms with Gasteiger partial charge in [0.1, 0.15) is 5.75 Å². The number of rotatable bonds is 9. The summed E-state index contributed by atoms with van der Waals surface area (Å²) in [6.07, 6.45) is 5.42. The fourth-order valence-corrected chi connectivity index (χ4v) is 5.17. The third kappa shape index (κ3) is 5.84. The molecule has 9 heteroatoms. The Morgan fingerprint density at radius 2 is 1.88 bits per heavy atom. The number of amides is 1. The van der Waals surface area contributed by atoms with Crippen LogP contribution in [0.2, 0.25) is 0 Å². The van der Waals surface area contributed by atoms with Gasteiger partial charge < -0.3 is 19.7 Å². The summed E-state index contributed by atoms with van der Waals surface area (Å²) in [5, 5.41) is 18.5. The highest BCUT2D eigenvalue weighted by molar-refractivity contribution is 7.18. The van der Waals surface area contributed by atoms with Crippen LogP contribution in [0.5, 0.6) is 5.75 Å². The molecule has 33 heavy (non-hydrogen) atoms. The Bertz CT molecular complexity index is 1010. The molecule has 2 aromatic rings. The van der Waals surface area contributed by atoms with Crippen molar-refractivity contribution in [3.63, 3.8) is 0 Å². The maximum atomic E-state index is 13.0. The van der Waals surface area contributed by atoms with E-state index in [9.17, 15) is 19.5 Å². The third-order valence-corrected chi connectivity index (χ3v) is 6.89. The molecular formula is C24H29NO7S. The van der Waals surface area contributed by atoms with Crippen molar-refractivity contribution in [2.75, 3.05) is 18.1 Å². The second-order valence-corrected chi connectivity index (χ2v) is 9.05. The number of anilines is 1. The summed E-state index contributed by atoms with van der Waals surface area (Å²) in [6, 6.07) is 7.42. The lowest BCUT2D eigenvalue weighted by atomic mass is 9.94. The maximum absolute atomic E-state index is 13.0. The molecule has 1 saturated carbocycles. The number of aromatic carboxylic acids is 1. The van der Waals surface area contributed by atoms with Crippen LogP contribution in [0.25, 0.3) is 10.4 Å².